The van der Waals surface area contributed by atoms with E-state index < -0.39 is 5.97 Å². The van der Waals surface area contributed by atoms with Gasteiger partial charge < -0.3 is 19.7 Å². The summed E-state index contributed by atoms with van der Waals surface area (Å²) in [6.07, 6.45) is -0.0968. The van der Waals surface area contributed by atoms with Gasteiger partial charge in [0.15, 0.2) is 17.2 Å². The van der Waals surface area contributed by atoms with Crippen LogP contribution in [0.1, 0.15) is 5.56 Å². The second-order valence-electron chi connectivity index (χ2n) is 6.80. The maximum Gasteiger partial charge on any atom is 0.307 e. The van der Waals surface area contributed by atoms with Crippen molar-refractivity contribution in [3.05, 3.63) is 87.3 Å². The molecule has 4 rings (SSSR count). The summed E-state index contributed by atoms with van der Waals surface area (Å²) < 4.78 is 13.1. The standard InChI is InChI=1S/C24H16Br2O5/c25-19-9-14(11-23(28)29)10-20(26)24(19)31-18-7-8-21(27)22(13-18)30-17-6-5-15-3-1-2-4-16(15)12-17/h1-10,12-13,27H,11H2,(H,28,29). The molecule has 0 aliphatic rings. The van der Waals surface area contributed by atoms with Crippen LogP contribution in [0.4, 0.5) is 0 Å². The molecule has 0 heterocycles. The molecule has 0 bridgehead atoms. The van der Waals surface area contributed by atoms with E-state index in [1.807, 2.05) is 42.5 Å². The Labute approximate surface area is 195 Å². The number of carboxylic acids is 1. The molecule has 0 aromatic heterocycles. The van der Waals surface area contributed by atoms with Crippen LogP contribution in [0.25, 0.3) is 10.8 Å². The molecule has 0 amide bonds. The zero-order chi connectivity index (χ0) is 22.0. The molecule has 0 saturated heterocycles. The van der Waals surface area contributed by atoms with Crippen molar-refractivity contribution in [2.75, 3.05) is 0 Å². The van der Waals surface area contributed by atoms with Gasteiger partial charge in [0.05, 0.1) is 15.4 Å². The topological polar surface area (TPSA) is 76.0 Å². The molecule has 4 aromatic rings. The molecule has 156 valence electrons. The highest BCUT2D eigenvalue weighted by Crippen LogP contribution is 2.41. The van der Waals surface area contributed by atoms with Crippen molar-refractivity contribution in [2.45, 2.75) is 6.42 Å². The number of benzene rings is 4. The van der Waals surface area contributed by atoms with Gasteiger partial charge >= 0.3 is 5.97 Å². The molecular weight excluding hydrogens is 528 g/mol. The summed E-state index contributed by atoms with van der Waals surface area (Å²) in [6, 6.07) is 21.7. The molecule has 0 spiro atoms. The van der Waals surface area contributed by atoms with E-state index in [4.69, 9.17) is 14.6 Å². The number of fused-ring (bicyclic) bond motifs is 1. The van der Waals surface area contributed by atoms with Gasteiger partial charge in [-0.25, -0.2) is 0 Å². The van der Waals surface area contributed by atoms with Crippen LogP contribution in [0.5, 0.6) is 28.7 Å². The molecule has 31 heavy (non-hydrogen) atoms. The van der Waals surface area contributed by atoms with Gasteiger partial charge in [0.2, 0.25) is 0 Å². The van der Waals surface area contributed by atoms with E-state index in [1.54, 1.807) is 24.3 Å². The maximum atomic E-state index is 11.0. The monoisotopic (exact) mass is 542 g/mol. The lowest BCUT2D eigenvalue weighted by Crippen LogP contribution is -2.00. The highest BCUT2D eigenvalue weighted by Gasteiger charge is 2.14. The Morgan fingerprint density at radius 3 is 2.16 bits per heavy atom. The fourth-order valence-electron chi connectivity index (χ4n) is 3.10. The number of halogens is 2. The molecule has 4 aromatic carbocycles. The van der Waals surface area contributed by atoms with Gasteiger partial charge in [-0.05, 0) is 84.6 Å². The predicted octanol–water partition coefficient (Wildman–Crippen LogP) is 7.28. The highest BCUT2D eigenvalue weighted by atomic mass is 79.9. The molecular formula is C24H16Br2O5. The number of carbonyl (C=O) groups is 1. The van der Waals surface area contributed by atoms with E-state index >= 15 is 0 Å². The fourth-order valence-corrected chi connectivity index (χ4v) is 4.55. The average molecular weight is 544 g/mol. The Hall–Kier alpha value is -3.03. The summed E-state index contributed by atoms with van der Waals surface area (Å²) in [5, 5.41) is 21.4. The van der Waals surface area contributed by atoms with Crippen LogP contribution < -0.4 is 9.47 Å². The lowest BCUT2D eigenvalue weighted by molar-refractivity contribution is -0.136. The van der Waals surface area contributed by atoms with Crippen LogP contribution in [-0.2, 0) is 11.2 Å². The van der Waals surface area contributed by atoms with Crippen LogP contribution >= 0.6 is 31.9 Å². The van der Waals surface area contributed by atoms with E-state index in [0.717, 1.165) is 10.8 Å². The number of aromatic hydroxyl groups is 1. The molecule has 0 unspecified atom stereocenters. The number of phenolic OH excluding ortho intramolecular Hbond substituents is 1. The normalized spacial score (nSPS) is 10.8. The second-order valence-corrected chi connectivity index (χ2v) is 8.51. The van der Waals surface area contributed by atoms with Gasteiger partial charge in [-0.15, -0.1) is 0 Å². The van der Waals surface area contributed by atoms with E-state index in [9.17, 15) is 9.90 Å². The number of aliphatic carboxylic acids is 1. The van der Waals surface area contributed by atoms with Crippen molar-refractivity contribution in [1.29, 1.82) is 0 Å². The number of ether oxygens (including phenoxy) is 2. The molecule has 5 nitrogen and oxygen atoms in total. The number of hydrogen-bond donors (Lipinski definition) is 2. The number of rotatable bonds is 6. The predicted molar refractivity (Wildman–Crippen MR) is 125 cm³/mol. The van der Waals surface area contributed by atoms with Crippen LogP contribution in [-0.4, -0.2) is 16.2 Å². The van der Waals surface area contributed by atoms with Gasteiger partial charge in [0, 0.05) is 6.07 Å². The minimum atomic E-state index is -0.915. The Balaban J connectivity index is 1.60. The summed E-state index contributed by atoms with van der Waals surface area (Å²) in [6.45, 7) is 0. The van der Waals surface area contributed by atoms with Crippen LogP contribution in [0, 0.1) is 0 Å². The lowest BCUT2D eigenvalue weighted by atomic mass is 10.1. The van der Waals surface area contributed by atoms with Crippen LogP contribution in [0.3, 0.4) is 0 Å². The third-order valence-corrected chi connectivity index (χ3v) is 5.69. The van der Waals surface area contributed by atoms with E-state index in [0.29, 0.717) is 31.8 Å². The Kier molecular flexibility index (Phi) is 6.15. The average Bonchev–Trinajstić information content (AvgIpc) is 2.72. The molecule has 0 radical (unpaired) electrons. The summed E-state index contributed by atoms with van der Waals surface area (Å²) in [5.74, 6) is 0.837. The van der Waals surface area contributed by atoms with E-state index in [2.05, 4.69) is 31.9 Å². The van der Waals surface area contributed by atoms with E-state index in [1.165, 1.54) is 6.07 Å². The van der Waals surface area contributed by atoms with E-state index in [-0.39, 0.29) is 17.9 Å². The van der Waals surface area contributed by atoms with Crippen molar-refractivity contribution in [3.8, 4) is 28.7 Å². The van der Waals surface area contributed by atoms with Crippen LogP contribution in [0.2, 0.25) is 0 Å². The summed E-state index contributed by atoms with van der Waals surface area (Å²) in [5.41, 5.74) is 0.629. The number of phenols is 1. The SMILES string of the molecule is O=C(O)Cc1cc(Br)c(Oc2ccc(O)c(Oc3ccc4ccccc4c3)c2)c(Br)c1. The first-order valence-electron chi connectivity index (χ1n) is 9.26. The van der Waals surface area contributed by atoms with Crippen molar-refractivity contribution >= 4 is 48.6 Å². The van der Waals surface area contributed by atoms with Gasteiger partial charge in [0.1, 0.15) is 11.5 Å². The molecule has 2 N–H and O–H groups in total. The fraction of sp³-hybridized carbons (Fsp3) is 0.0417. The first kappa shape index (κ1) is 21.2. The largest absolute Gasteiger partial charge is 0.504 e. The zero-order valence-electron chi connectivity index (χ0n) is 16.0. The Morgan fingerprint density at radius 2 is 1.45 bits per heavy atom. The second kappa shape index (κ2) is 8.99. The Morgan fingerprint density at radius 1 is 0.806 bits per heavy atom. The van der Waals surface area contributed by atoms with Gasteiger partial charge in [-0.1, -0.05) is 30.3 Å². The Bertz CT molecular complexity index is 1260. The van der Waals surface area contributed by atoms with Crippen molar-refractivity contribution < 1.29 is 24.5 Å². The highest BCUT2D eigenvalue weighted by molar-refractivity contribution is 9.11. The summed E-state index contributed by atoms with van der Waals surface area (Å²) >= 11 is 6.85. The minimum Gasteiger partial charge on any atom is -0.504 e. The van der Waals surface area contributed by atoms with Crippen LogP contribution in [0.15, 0.2) is 81.7 Å². The van der Waals surface area contributed by atoms with Crippen molar-refractivity contribution in [3.63, 3.8) is 0 Å². The minimum absolute atomic E-state index is 0.0181. The quantitative estimate of drug-likeness (QED) is 0.267. The number of carboxylic acid groups (broad SMARTS) is 1. The molecule has 7 heteroatoms. The first-order chi connectivity index (χ1) is 14.9. The molecule has 0 fully saturated rings. The summed E-state index contributed by atoms with van der Waals surface area (Å²) in [4.78, 5) is 11.0. The van der Waals surface area contributed by atoms with Crippen molar-refractivity contribution in [2.24, 2.45) is 0 Å². The maximum absolute atomic E-state index is 11.0. The molecule has 0 atom stereocenters. The smallest absolute Gasteiger partial charge is 0.307 e. The van der Waals surface area contributed by atoms with Gasteiger partial charge in [-0.2, -0.15) is 0 Å². The van der Waals surface area contributed by atoms with Gasteiger partial charge in [0.25, 0.3) is 0 Å². The molecule has 0 aliphatic carbocycles. The first-order valence-corrected chi connectivity index (χ1v) is 10.8. The zero-order valence-corrected chi connectivity index (χ0v) is 19.2. The number of hydrogen-bond acceptors (Lipinski definition) is 4. The molecule has 0 saturated carbocycles. The lowest BCUT2D eigenvalue weighted by Gasteiger charge is -2.14. The third kappa shape index (κ3) is 5.00. The van der Waals surface area contributed by atoms with Crippen molar-refractivity contribution in [1.82, 2.24) is 0 Å². The third-order valence-electron chi connectivity index (χ3n) is 4.51. The van der Waals surface area contributed by atoms with Gasteiger partial charge in [-0.3, -0.25) is 4.79 Å². The summed E-state index contributed by atoms with van der Waals surface area (Å²) in [7, 11) is 0. The molecule has 0 aliphatic heterocycles.